The first-order valence-corrected chi connectivity index (χ1v) is 3.36. The summed E-state index contributed by atoms with van der Waals surface area (Å²) in [6, 6.07) is -0.531. The number of carbonyl (C=O) groups is 1. The molecule has 0 bridgehead atoms. The van der Waals surface area contributed by atoms with E-state index in [-0.39, 0.29) is 0 Å². The minimum Gasteiger partial charge on any atom is -0.346 e. The molecule has 0 heterocycles. The van der Waals surface area contributed by atoms with Crippen LogP contribution < -0.4 is 5.32 Å². The van der Waals surface area contributed by atoms with E-state index in [2.05, 4.69) is 6.58 Å². The average Bonchev–Trinajstić information content (AvgIpc) is 1.85. The number of halogens is 3. The van der Waals surface area contributed by atoms with Crippen molar-refractivity contribution in [1.82, 2.24) is 5.32 Å². The van der Waals surface area contributed by atoms with Gasteiger partial charge in [0.1, 0.15) is 0 Å². The Balaban J connectivity index is 3.92. The molecule has 0 rings (SSSR count). The average molecular weight is 181 g/mol. The molecule has 1 amide bonds. The molecule has 1 atom stereocenters. The summed E-state index contributed by atoms with van der Waals surface area (Å²) in [6.45, 7) is 4.82. The number of alkyl halides is 3. The molecular weight excluding hydrogens is 171 g/mol. The number of carbonyl (C=O) groups excluding carboxylic acids is 1. The molecule has 0 aromatic heterocycles. The van der Waals surface area contributed by atoms with E-state index in [1.54, 1.807) is 5.32 Å². The SMILES string of the molecule is C=CCC(C)NC(=O)C(F)(F)F. The summed E-state index contributed by atoms with van der Waals surface area (Å²) in [4.78, 5) is 10.3. The molecule has 5 heteroatoms. The Hall–Kier alpha value is -1.00. The Morgan fingerprint density at radius 3 is 2.50 bits per heavy atom. The minimum absolute atomic E-state index is 0.321. The second-order valence-corrected chi connectivity index (χ2v) is 2.40. The fraction of sp³-hybridized carbons (Fsp3) is 0.571. The van der Waals surface area contributed by atoms with Gasteiger partial charge in [-0.15, -0.1) is 6.58 Å². The summed E-state index contributed by atoms with van der Waals surface area (Å²) in [5, 5.41) is 1.79. The van der Waals surface area contributed by atoms with E-state index in [0.29, 0.717) is 6.42 Å². The van der Waals surface area contributed by atoms with Crippen molar-refractivity contribution in [1.29, 1.82) is 0 Å². The predicted molar refractivity (Wildman–Crippen MR) is 38.5 cm³/mol. The van der Waals surface area contributed by atoms with Crippen LogP contribution in [0.3, 0.4) is 0 Å². The Labute approximate surface area is 68.4 Å². The van der Waals surface area contributed by atoms with Crippen LogP contribution in [0.15, 0.2) is 12.7 Å². The van der Waals surface area contributed by atoms with E-state index in [9.17, 15) is 18.0 Å². The lowest BCUT2D eigenvalue weighted by Crippen LogP contribution is -2.41. The quantitative estimate of drug-likeness (QED) is 0.659. The predicted octanol–water partition coefficient (Wildman–Crippen LogP) is 1.63. The lowest BCUT2D eigenvalue weighted by atomic mass is 10.2. The van der Waals surface area contributed by atoms with E-state index >= 15 is 0 Å². The molecule has 0 fully saturated rings. The third-order valence-corrected chi connectivity index (χ3v) is 1.16. The largest absolute Gasteiger partial charge is 0.471 e. The summed E-state index contributed by atoms with van der Waals surface area (Å²) in [5.41, 5.74) is 0. The molecule has 0 aromatic rings. The van der Waals surface area contributed by atoms with Gasteiger partial charge in [0.25, 0.3) is 0 Å². The summed E-state index contributed by atoms with van der Waals surface area (Å²) >= 11 is 0. The van der Waals surface area contributed by atoms with E-state index in [0.717, 1.165) is 0 Å². The molecule has 0 spiro atoms. The zero-order valence-corrected chi connectivity index (χ0v) is 6.61. The fourth-order valence-corrected chi connectivity index (χ4v) is 0.615. The molecule has 2 nitrogen and oxygen atoms in total. The minimum atomic E-state index is -4.80. The number of rotatable bonds is 3. The van der Waals surface area contributed by atoms with Crippen molar-refractivity contribution < 1.29 is 18.0 Å². The van der Waals surface area contributed by atoms with Crippen molar-refractivity contribution in [3.63, 3.8) is 0 Å². The van der Waals surface area contributed by atoms with Crippen LogP contribution >= 0.6 is 0 Å². The van der Waals surface area contributed by atoms with Gasteiger partial charge in [-0.05, 0) is 13.3 Å². The van der Waals surface area contributed by atoms with Crippen LogP contribution in [0.2, 0.25) is 0 Å². The van der Waals surface area contributed by atoms with Gasteiger partial charge in [-0.3, -0.25) is 4.79 Å². The summed E-state index contributed by atoms with van der Waals surface area (Å²) < 4.78 is 34.8. The highest BCUT2D eigenvalue weighted by Crippen LogP contribution is 2.14. The highest BCUT2D eigenvalue weighted by molar-refractivity contribution is 5.81. The van der Waals surface area contributed by atoms with Crippen molar-refractivity contribution in [3.8, 4) is 0 Å². The summed E-state index contributed by atoms with van der Waals surface area (Å²) in [7, 11) is 0. The van der Waals surface area contributed by atoms with Gasteiger partial charge in [0.2, 0.25) is 0 Å². The van der Waals surface area contributed by atoms with E-state index in [4.69, 9.17) is 0 Å². The van der Waals surface area contributed by atoms with Gasteiger partial charge in [0.15, 0.2) is 0 Å². The van der Waals surface area contributed by atoms with Gasteiger partial charge >= 0.3 is 12.1 Å². The monoisotopic (exact) mass is 181 g/mol. The standard InChI is InChI=1S/C7H10F3NO/c1-3-4-5(2)11-6(12)7(8,9)10/h3,5H,1,4H2,2H3,(H,11,12). The molecule has 1 unspecified atom stereocenters. The van der Waals surface area contributed by atoms with Gasteiger partial charge in [-0.1, -0.05) is 6.08 Å². The van der Waals surface area contributed by atoms with Crippen LogP contribution in [0.4, 0.5) is 13.2 Å². The van der Waals surface area contributed by atoms with Gasteiger partial charge < -0.3 is 5.32 Å². The zero-order chi connectivity index (χ0) is 9.78. The topological polar surface area (TPSA) is 29.1 Å². The molecule has 70 valence electrons. The van der Waals surface area contributed by atoms with Crippen LogP contribution in [-0.4, -0.2) is 18.1 Å². The van der Waals surface area contributed by atoms with Crippen molar-refractivity contribution >= 4 is 5.91 Å². The van der Waals surface area contributed by atoms with E-state index in [1.807, 2.05) is 0 Å². The first kappa shape index (κ1) is 11.0. The zero-order valence-electron chi connectivity index (χ0n) is 6.61. The molecule has 0 saturated heterocycles. The normalized spacial score (nSPS) is 13.7. The molecular formula is C7H10F3NO. The van der Waals surface area contributed by atoms with Gasteiger partial charge in [-0.25, -0.2) is 0 Å². The lowest BCUT2D eigenvalue weighted by molar-refractivity contribution is -0.174. The second kappa shape index (κ2) is 4.13. The Kier molecular flexibility index (Phi) is 3.79. The summed E-state index contributed by atoms with van der Waals surface area (Å²) in [6.07, 6.45) is -3.03. The molecule has 12 heavy (non-hydrogen) atoms. The van der Waals surface area contributed by atoms with Crippen molar-refractivity contribution in [3.05, 3.63) is 12.7 Å². The number of nitrogens with one attached hydrogen (secondary N) is 1. The maximum Gasteiger partial charge on any atom is 0.471 e. The smallest absolute Gasteiger partial charge is 0.346 e. The molecule has 1 N–H and O–H groups in total. The number of amides is 1. The van der Waals surface area contributed by atoms with E-state index < -0.39 is 18.1 Å². The first-order valence-electron chi connectivity index (χ1n) is 3.36. The van der Waals surface area contributed by atoms with Crippen molar-refractivity contribution in [2.75, 3.05) is 0 Å². The van der Waals surface area contributed by atoms with Gasteiger partial charge in [-0.2, -0.15) is 13.2 Å². The van der Waals surface area contributed by atoms with E-state index in [1.165, 1.54) is 13.0 Å². The maximum atomic E-state index is 11.6. The highest BCUT2D eigenvalue weighted by atomic mass is 19.4. The number of hydrogen-bond acceptors (Lipinski definition) is 1. The molecule has 0 radical (unpaired) electrons. The molecule has 0 saturated carbocycles. The van der Waals surface area contributed by atoms with Crippen LogP contribution in [0.5, 0.6) is 0 Å². The molecule has 0 aliphatic carbocycles. The Morgan fingerprint density at radius 1 is 1.67 bits per heavy atom. The highest BCUT2D eigenvalue weighted by Gasteiger charge is 2.38. The second-order valence-electron chi connectivity index (χ2n) is 2.40. The van der Waals surface area contributed by atoms with Crippen LogP contribution in [0, 0.1) is 0 Å². The third-order valence-electron chi connectivity index (χ3n) is 1.16. The summed E-state index contributed by atoms with van der Waals surface area (Å²) in [5.74, 6) is -1.91. The molecule has 0 aliphatic heterocycles. The van der Waals surface area contributed by atoms with Crippen LogP contribution in [0.1, 0.15) is 13.3 Å². The molecule has 0 aromatic carbocycles. The number of hydrogen-bond donors (Lipinski definition) is 1. The Bertz CT molecular complexity index is 176. The molecule has 0 aliphatic rings. The van der Waals surface area contributed by atoms with Gasteiger partial charge in [0.05, 0.1) is 0 Å². The lowest BCUT2D eigenvalue weighted by Gasteiger charge is -2.12. The maximum absolute atomic E-state index is 11.6. The van der Waals surface area contributed by atoms with Gasteiger partial charge in [0, 0.05) is 6.04 Å². The van der Waals surface area contributed by atoms with Crippen molar-refractivity contribution in [2.45, 2.75) is 25.6 Å². The first-order chi connectivity index (χ1) is 5.38. The van der Waals surface area contributed by atoms with Crippen LogP contribution in [-0.2, 0) is 4.79 Å². The van der Waals surface area contributed by atoms with Crippen molar-refractivity contribution in [2.24, 2.45) is 0 Å². The Morgan fingerprint density at radius 2 is 2.17 bits per heavy atom. The third kappa shape index (κ3) is 4.00. The van der Waals surface area contributed by atoms with Crippen LogP contribution in [0.25, 0.3) is 0 Å². The fourth-order valence-electron chi connectivity index (χ4n) is 0.615.